The summed E-state index contributed by atoms with van der Waals surface area (Å²) in [4.78, 5) is 12.4. The van der Waals surface area contributed by atoms with Crippen LogP contribution >= 0.6 is 11.8 Å². The lowest BCUT2D eigenvalue weighted by Crippen LogP contribution is -2.24. The van der Waals surface area contributed by atoms with Gasteiger partial charge in [0.25, 0.3) is 0 Å². The van der Waals surface area contributed by atoms with E-state index in [1.54, 1.807) is 16.4 Å². The summed E-state index contributed by atoms with van der Waals surface area (Å²) < 4.78 is 1.76. The van der Waals surface area contributed by atoms with E-state index in [9.17, 15) is 9.90 Å². The van der Waals surface area contributed by atoms with Crippen LogP contribution in [-0.2, 0) is 11.8 Å². The van der Waals surface area contributed by atoms with Crippen molar-refractivity contribution >= 4 is 17.7 Å². The van der Waals surface area contributed by atoms with Crippen molar-refractivity contribution in [2.75, 3.05) is 0 Å². The second-order valence-corrected chi connectivity index (χ2v) is 5.90. The zero-order valence-corrected chi connectivity index (χ0v) is 10.8. The number of carboxylic acids is 1. The average Bonchev–Trinajstić information content (AvgIpc) is 2.55. The predicted molar refractivity (Wildman–Crippen MR) is 67.1 cm³/mol. The van der Waals surface area contributed by atoms with Crippen LogP contribution in [0.5, 0.6) is 0 Å². The minimum Gasteiger partial charge on any atom is -0.481 e. The third-order valence-corrected chi connectivity index (χ3v) is 4.59. The molecule has 0 radical (unpaired) electrons. The molecule has 4 nitrogen and oxygen atoms in total. The lowest BCUT2D eigenvalue weighted by Gasteiger charge is -2.20. The smallest absolute Gasteiger partial charge is 0.307 e. The molecule has 1 heterocycles. The van der Waals surface area contributed by atoms with E-state index in [0.717, 1.165) is 37.0 Å². The molecule has 0 aromatic carbocycles. The summed E-state index contributed by atoms with van der Waals surface area (Å²) >= 11 is 1.67. The van der Waals surface area contributed by atoms with Crippen molar-refractivity contribution in [3.63, 3.8) is 0 Å². The molecule has 1 aliphatic carbocycles. The van der Waals surface area contributed by atoms with Gasteiger partial charge in [-0.1, -0.05) is 19.3 Å². The Labute approximate surface area is 105 Å². The molecule has 2 atom stereocenters. The van der Waals surface area contributed by atoms with Crippen molar-refractivity contribution in [2.24, 2.45) is 13.0 Å². The Bertz CT molecular complexity index is 392. The van der Waals surface area contributed by atoms with Gasteiger partial charge in [0.1, 0.15) is 0 Å². The van der Waals surface area contributed by atoms with Crippen LogP contribution in [0.2, 0.25) is 0 Å². The van der Waals surface area contributed by atoms with Gasteiger partial charge >= 0.3 is 5.97 Å². The molecule has 0 spiro atoms. The van der Waals surface area contributed by atoms with Gasteiger partial charge in [0.15, 0.2) is 0 Å². The Kier molecular flexibility index (Phi) is 4.10. The van der Waals surface area contributed by atoms with E-state index in [2.05, 4.69) is 5.10 Å². The van der Waals surface area contributed by atoms with Gasteiger partial charge in [-0.15, -0.1) is 11.8 Å². The molecule has 0 bridgehead atoms. The molecule has 17 heavy (non-hydrogen) atoms. The molecular formula is C12H18N2O2S. The van der Waals surface area contributed by atoms with Crippen LogP contribution in [0.4, 0.5) is 0 Å². The van der Waals surface area contributed by atoms with E-state index in [4.69, 9.17) is 0 Å². The molecule has 1 N–H and O–H groups in total. The normalized spacial score (nSPS) is 25.5. The number of aromatic nitrogens is 2. The van der Waals surface area contributed by atoms with Gasteiger partial charge in [0.2, 0.25) is 0 Å². The molecule has 1 fully saturated rings. The van der Waals surface area contributed by atoms with Gasteiger partial charge in [-0.25, -0.2) is 0 Å². The van der Waals surface area contributed by atoms with E-state index in [0.29, 0.717) is 0 Å². The molecule has 0 aliphatic heterocycles. The van der Waals surface area contributed by atoms with E-state index in [1.807, 2.05) is 19.4 Å². The van der Waals surface area contributed by atoms with Gasteiger partial charge in [-0.05, 0) is 12.8 Å². The minimum atomic E-state index is -0.645. The van der Waals surface area contributed by atoms with Crippen molar-refractivity contribution in [2.45, 2.75) is 42.2 Å². The minimum absolute atomic E-state index is 0.194. The van der Waals surface area contributed by atoms with Crippen LogP contribution in [0, 0.1) is 5.92 Å². The molecular weight excluding hydrogens is 236 g/mol. The number of nitrogens with zero attached hydrogens (tertiary/aromatic N) is 2. The monoisotopic (exact) mass is 254 g/mol. The largest absolute Gasteiger partial charge is 0.481 e. The molecule has 1 aromatic heterocycles. The summed E-state index contributed by atoms with van der Waals surface area (Å²) in [6.07, 6.45) is 8.92. The molecule has 0 amide bonds. The number of carbonyl (C=O) groups is 1. The lowest BCUT2D eigenvalue weighted by molar-refractivity contribution is -0.141. The number of thioether (sulfide) groups is 1. The Morgan fingerprint density at radius 2 is 2.24 bits per heavy atom. The van der Waals surface area contributed by atoms with E-state index >= 15 is 0 Å². The van der Waals surface area contributed by atoms with Crippen molar-refractivity contribution < 1.29 is 9.90 Å². The van der Waals surface area contributed by atoms with Crippen LogP contribution in [0.15, 0.2) is 17.3 Å². The summed E-state index contributed by atoms with van der Waals surface area (Å²) in [6, 6.07) is 0. The van der Waals surface area contributed by atoms with Gasteiger partial charge in [0.05, 0.1) is 12.1 Å². The number of carboxylic acid groups (broad SMARTS) is 1. The van der Waals surface area contributed by atoms with Crippen LogP contribution in [0.25, 0.3) is 0 Å². The van der Waals surface area contributed by atoms with Gasteiger partial charge in [0, 0.05) is 23.4 Å². The molecule has 94 valence electrons. The van der Waals surface area contributed by atoms with Crippen LogP contribution in [-0.4, -0.2) is 26.1 Å². The van der Waals surface area contributed by atoms with Gasteiger partial charge < -0.3 is 5.11 Å². The third kappa shape index (κ3) is 3.25. The number of aryl methyl sites for hydroxylation is 1. The fourth-order valence-corrected chi connectivity index (χ4v) is 3.70. The summed E-state index contributed by atoms with van der Waals surface area (Å²) in [6.45, 7) is 0. The molecule has 1 aromatic rings. The molecule has 2 rings (SSSR count). The van der Waals surface area contributed by atoms with Crippen LogP contribution in [0.1, 0.15) is 32.1 Å². The predicted octanol–water partition coefficient (Wildman–Crippen LogP) is 2.55. The number of rotatable bonds is 3. The standard InChI is InChI=1S/C12H18N2O2S/c1-14-8-9(7-13-14)17-11-6-4-2-3-5-10(11)12(15)16/h7-8,10-11H,2-6H2,1H3,(H,15,16). The van der Waals surface area contributed by atoms with Gasteiger partial charge in [-0.2, -0.15) is 5.10 Å². The summed E-state index contributed by atoms with van der Waals surface area (Å²) in [5.41, 5.74) is 0. The van der Waals surface area contributed by atoms with Crippen molar-refractivity contribution in [3.05, 3.63) is 12.4 Å². The lowest BCUT2D eigenvalue weighted by atomic mass is 10.0. The molecule has 0 saturated heterocycles. The Morgan fingerprint density at radius 3 is 2.88 bits per heavy atom. The Balaban J connectivity index is 2.07. The first-order valence-corrected chi connectivity index (χ1v) is 6.93. The van der Waals surface area contributed by atoms with Crippen LogP contribution in [0.3, 0.4) is 0 Å². The zero-order chi connectivity index (χ0) is 12.3. The molecule has 1 saturated carbocycles. The first-order valence-electron chi connectivity index (χ1n) is 6.05. The molecule has 1 aliphatic rings. The first-order chi connectivity index (χ1) is 8.16. The highest BCUT2D eigenvalue weighted by Crippen LogP contribution is 2.36. The maximum absolute atomic E-state index is 11.3. The van der Waals surface area contributed by atoms with E-state index < -0.39 is 5.97 Å². The summed E-state index contributed by atoms with van der Waals surface area (Å²) in [7, 11) is 1.88. The second kappa shape index (κ2) is 5.58. The van der Waals surface area contributed by atoms with Crippen molar-refractivity contribution in [1.29, 1.82) is 0 Å². The summed E-state index contributed by atoms with van der Waals surface area (Å²) in [5, 5.41) is 13.6. The van der Waals surface area contributed by atoms with Gasteiger partial charge in [-0.3, -0.25) is 9.48 Å². The van der Waals surface area contributed by atoms with Crippen molar-refractivity contribution in [3.8, 4) is 0 Å². The highest BCUT2D eigenvalue weighted by Gasteiger charge is 2.30. The zero-order valence-electron chi connectivity index (χ0n) is 10.0. The second-order valence-electron chi connectivity index (χ2n) is 4.59. The number of hydrogen-bond acceptors (Lipinski definition) is 3. The summed E-state index contributed by atoms with van der Waals surface area (Å²) in [5.74, 6) is -0.851. The quantitative estimate of drug-likeness (QED) is 0.842. The van der Waals surface area contributed by atoms with E-state index in [-0.39, 0.29) is 11.2 Å². The van der Waals surface area contributed by atoms with Crippen molar-refractivity contribution in [1.82, 2.24) is 9.78 Å². The average molecular weight is 254 g/mol. The maximum atomic E-state index is 11.3. The Hall–Kier alpha value is -0.970. The molecule has 2 unspecified atom stereocenters. The highest BCUT2D eigenvalue weighted by molar-refractivity contribution is 8.00. The number of hydrogen-bond donors (Lipinski definition) is 1. The third-order valence-electron chi connectivity index (χ3n) is 3.24. The Morgan fingerprint density at radius 1 is 1.47 bits per heavy atom. The van der Waals surface area contributed by atoms with E-state index in [1.165, 1.54) is 0 Å². The topological polar surface area (TPSA) is 55.1 Å². The fourth-order valence-electron chi connectivity index (χ4n) is 2.33. The SMILES string of the molecule is Cn1cc(SC2CCCCCC2C(=O)O)cn1. The van der Waals surface area contributed by atoms with Crippen LogP contribution < -0.4 is 0 Å². The fraction of sp³-hybridized carbons (Fsp3) is 0.667. The number of aliphatic carboxylic acids is 1. The first kappa shape index (κ1) is 12.5. The highest BCUT2D eigenvalue weighted by atomic mass is 32.2. The maximum Gasteiger partial charge on any atom is 0.307 e. The molecule has 5 heteroatoms.